The largest absolute Gasteiger partial charge is 0.381 e. The number of halogens is 1. The molecule has 6 heteroatoms. The van der Waals surface area contributed by atoms with Crippen LogP contribution in [0.5, 0.6) is 0 Å². The number of carbonyl (C=O) groups excluding carboxylic acids is 1. The molecule has 2 heterocycles. The number of aryl methyl sites for hydroxylation is 1. The molecule has 25 heavy (non-hydrogen) atoms. The molecule has 1 saturated heterocycles. The third-order valence-electron chi connectivity index (χ3n) is 4.79. The Labute approximate surface area is 145 Å². The molecule has 0 unspecified atom stereocenters. The number of rotatable bonds is 4. The van der Waals surface area contributed by atoms with Gasteiger partial charge in [0.05, 0.1) is 0 Å². The second kappa shape index (κ2) is 7.19. The van der Waals surface area contributed by atoms with E-state index in [9.17, 15) is 14.0 Å². The third-order valence-corrected chi connectivity index (χ3v) is 4.79. The van der Waals surface area contributed by atoms with E-state index in [2.05, 4.69) is 10.3 Å². The van der Waals surface area contributed by atoms with Gasteiger partial charge >= 0.3 is 0 Å². The number of aromatic nitrogens is 1. The van der Waals surface area contributed by atoms with Gasteiger partial charge in [-0.05, 0) is 49.6 Å². The van der Waals surface area contributed by atoms with Gasteiger partial charge in [0.1, 0.15) is 11.4 Å². The quantitative estimate of drug-likeness (QED) is 0.894. The number of hydrogen-bond donors (Lipinski definition) is 2. The molecular weight excluding hydrogens is 323 g/mol. The molecule has 0 bridgehead atoms. The van der Waals surface area contributed by atoms with Crippen molar-refractivity contribution in [2.45, 2.75) is 25.2 Å². The van der Waals surface area contributed by atoms with Crippen molar-refractivity contribution < 1.29 is 13.9 Å². The summed E-state index contributed by atoms with van der Waals surface area (Å²) in [5, 5.41) is 2.87. The van der Waals surface area contributed by atoms with Crippen LogP contribution in [0.15, 0.2) is 41.2 Å². The van der Waals surface area contributed by atoms with E-state index < -0.39 is 11.5 Å². The molecule has 1 fully saturated rings. The number of H-pyrrole nitrogens is 1. The molecule has 5 nitrogen and oxygen atoms in total. The van der Waals surface area contributed by atoms with Crippen LogP contribution < -0.4 is 10.9 Å². The van der Waals surface area contributed by atoms with Gasteiger partial charge in [-0.2, -0.15) is 0 Å². The molecule has 0 saturated carbocycles. The van der Waals surface area contributed by atoms with E-state index in [1.54, 1.807) is 25.1 Å². The highest BCUT2D eigenvalue weighted by Gasteiger charge is 2.35. The second-order valence-corrected chi connectivity index (χ2v) is 6.47. The van der Waals surface area contributed by atoms with E-state index >= 15 is 0 Å². The standard InChI is InChI=1S/C19H21FN2O3/c1-13-2-7-16(18(24)22-13)17(23)21-12-19(8-10-25-11-9-19)14-3-5-15(20)6-4-14/h2-7H,8-12H2,1H3,(H,21,23)(H,22,24). The van der Waals surface area contributed by atoms with E-state index in [0.29, 0.717) is 25.5 Å². The smallest absolute Gasteiger partial charge is 0.260 e. The lowest BCUT2D eigenvalue weighted by Gasteiger charge is -2.38. The molecule has 2 N–H and O–H groups in total. The lowest BCUT2D eigenvalue weighted by molar-refractivity contribution is 0.0487. The first kappa shape index (κ1) is 17.4. The predicted molar refractivity (Wildman–Crippen MR) is 92.3 cm³/mol. The highest BCUT2D eigenvalue weighted by atomic mass is 19.1. The summed E-state index contributed by atoms with van der Waals surface area (Å²) in [5.74, 6) is -0.699. The molecule has 132 valence electrons. The monoisotopic (exact) mass is 344 g/mol. The molecular formula is C19H21FN2O3. The van der Waals surface area contributed by atoms with Crippen LogP contribution in [0, 0.1) is 12.7 Å². The zero-order valence-corrected chi connectivity index (χ0v) is 14.1. The van der Waals surface area contributed by atoms with Crippen molar-refractivity contribution in [2.75, 3.05) is 19.8 Å². The minimum Gasteiger partial charge on any atom is -0.381 e. The van der Waals surface area contributed by atoms with Crippen LogP contribution >= 0.6 is 0 Å². The van der Waals surface area contributed by atoms with Crippen molar-refractivity contribution in [3.63, 3.8) is 0 Å². The van der Waals surface area contributed by atoms with Gasteiger partial charge in [-0.25, -0.2) is 4.39 Å². The molecule has 0 radical (unpaired) electrons. The Morgan fingerprint density at radius 2 is 1.88 bits per heavy atom. The molecule has 1 aromatic carbocycles. The van der Waals surface area contributed by atoms with Crippen LogP contribution in [-0.4, -0.2) is 30.6 Å². The summed E-state index contributed by atoms with van der Waals surface area (Å²) in [7, 11) is 0. The molecule has 1 aliphatic rings. The van der Waals surface area contributed by atoms with Gasteiger partial charge in [0, 0.05) is 30.9 Å². The zero-order valence-electron chi connectivity index (χ0n) is 14.1. The predicted octanol–water partition coefficient (Wildman–Crippen LogP) is 2.30. The van der Waals surface area contributed by atoms with E-state index in [1.807, 2.05) is 0 Å². The van der Waals surface area contributed by atoms with Gasteiger partial charge in [0.15, 0.2) is 0 Å². The summed E-state index contributed by atoms with van der Waals surface area (Å²) < 4.78 is 18.7. The van der Waals surface area contributed by atoms with Gasteiger partial charge in [-0.1, -0.05) is 12.1 Å². The van der Waals surface area contributed by atoms with Gasteiger partial charge in [-0.3, -0.25) is 9.59 Å². The zero-order chi connectivity index (χ0) is 17.9. The molecule has 0 spiro atoms. The Morgan fingerprint density at radius 1 is 1.20 bits per heavy atom. The molecule has 0 aliphatic carbocycles. The van der Waals surface area contributed by atoms with Crippen LogP contribution in [0.1, 0.15) is 34.5 Å². The Hall–Kier alpha value is -2.47. The van der Waals surface area contributed by atoms with E-state index in [4.69, 9.17) is 4.74 Å². The number of nitrogens with one attached hydrogen (secondary N) is 2. The summed E-state index contributed by atoms with van der Waals surface area (Å²) in [6, 6.07) is 9.59. The Balaban J connectivity index is 1.80. The van der Waals surface area contributed by atoms with Crippen LogP contribution in [0.3, 0.4) is 0 Å². The lowest BCUT2D eigenvalue weighted by Crippen LogP contribution is -2.45. The van der Waals surface area contributed by atoms with Crippen molar-refractivity contribution in [1.29, 1.82) is 0 Å². The number of benzene rings is 1. The number of hydrogen-bond acceptors (Lipinski definition) is 3. The molecule has 1 aromatic heterocycles. The van der Waals surface area contributed by atoms with Crippen molar-refractivity contribution >= 4 is 5.91 Å². The molecule has 2 aromatic rings. The first-order valence-electron chi connectivity index (χ1n) is 8.32. The number of aromatic amines is 1. The van der Waals surface area contributed by atoms with Crippen LogP contribution in [0.25, 0.3) is 0 Å². The number of carbonyl (C=O) groups is 1. The minimum absolute atomic E-state index is 0.0897. The van der Waals surface area contributed by atoms with Gasteiger partial charge in [-0.15, -0.1) is 0 Å². The van der Waals surface area contributed by atoms with Crippen LogP contribution in [0.4, 0.5) is 4.39 Å². The third kappa shape index (κ3) is 3.79. The fraction of sp³-hybridized carbons (Fsp3) is 0.368. The summed E-state index contributed by atoms with van der Waals surface area (Å²) in [4.78, 5) is 27.0. The molecule has 1 amide bonds. The first-order chi connectivity index (χ1) is 12.0. The second-order valence-electron chi connectivity index (χ2n) is 6.47. The fourth-order valence-electron chi connectivity index (χ4n) is 3.23. The minimum atomic E-state index is -0.408. The van der Waals surface area contributed by atoms with Crippen LogP contribution in [-0.2, 0) is 10.2 Å². The van der Waals surface area contributed by atoms with Crippen molar-refractivity contribution in [3.05, 3.63) is 69.4 Å². The molecule has 1 aliphatic heterocycles. The van der Waals surface area contributed by atoms with Crippen molar-refractivity contribution in [2.24, 2.45) is 0 Å². The van der Waals surface area contributed by atoms with Gasteiger partial charge in [0.25, 0.3) is 11.5 Å². The summed E-state index contributed by atoms with van der Waals surface area (Å²) in [6.45, 7) is 3.29. The highest BCUT2D eigenvalue weighted by molar-refractivity contribution is 5.93. The van der Waals surface area contributed by atoms with E-state index in [0.717, 1.165) is 18.4 Å². The average Bonchev–Trinajstić information content (AvgIpc) is 2.61. The number of ether oxygens (including phenoxy) is 1. The Bertz CT molecular complexity index is 808. The summed E-state index contributed by atoms with van der Waals surface area (Å²) in [5.41, 5.74) is 1.04. The summed E-state index contributed by atoms with van der Waals surface area (Å²) in [6.07, 6.45) is 1.45. The summed E-state index contributed by atoms with van der Waals surface area (Å²) >= 11 is 0. The van der Waals surface area contributed by atoms with E-state index in [-0.39, 0.29) is 16.8 Å². The van der Waals surface area contributed by atoms with Crippen molar-refractivity contribution in [1.82, 2.24) is 10.3 Å². The Morgan fingerprint density at radius 3 is 2.52 bits per heavy atom. The first-order valence-corrected chi connectivity index (χ1v) is 8.32. The number of amides is 1. The van der Waals surface area contributed by atoms with Gasteiger partial charge in [0.2, 0.25) is 0 Å². The normalized spacial score (nSPS) is 16.4. The Kier molecular flexibility index (Phi) is 4.99. The van der Waals surface area contributed by atoms with Crippen LogP contribution in [0.2, 0.25) is 0 Å². The highest BCUT2D eigenvalue weighted by Crippen LogP contribution is 2.34. The maximum absolute atomic E-state index is 13.3. The number of pyridine rings is 1. The topological polar surface area (TPSA) is 71.2 Å². The fourth-order valence-corrected chi connectivity index (χ4v) is 3.23. The van der Waals surface area contributed by atoms with Crippen molar-refractivity contribution in [3.8, 4) is 0 Å². The maximum Gasteiger partial charge on any atom is 0.260 e. The average molecular weight is 344 g/mol. The van der Waals surface area contributed by atoms with E-state index in [1.165, 1.54) is 18.2 Å². The molecule has 3 rings (SSSR count). The lowest BCUT2D eigenvalue weighted by atomic mass is 9.74. The SMILES string of the molecule is Cc1ccc(C(=O)NCC2(c3ccc(F)cc3)CCOCC2)c(=O)[nH]1. The maximum atomic E-state index is 13.3. The molecule has 0 atom stereocenters. The van der Waals surface area contributed by atoms with Gasteiger partial charge < -0.3 is 15.0 Å².